The molecular formula is C59H72N8O13S. The largest absolute Gasteiger partial charge is 0.497 e. The number of carbonyl (C=O) groups excluding carboxylic acids is 8. The van der Waals surface area contributed by atoms with Crippen LogP contribution in [0.25, 0.3) is 0 Å². The number of aliphatic hydroxyl groups excluding tert-OH is 1. The maximum Gasteiger partial charge on any atom is 0.246 e. The fourth-order valence-corrected chi connectivity index (χ4v) is 11.1. The van der Waals surface area contributed by atoms with Crippen molar-refractivity contribution in [1.82, 2.24) is 36.9 Å². The van der Waals surface area contributed by atoms with Gasteiger partial charge in [-0.15, -0.1) is 11.3 Å². The summed E-state index contributed by atoms with van der Waals surface area (Å²) >= 11 is 1.45. The number of aromatic nitrogens is 1. The molecule has 3 aromatic carbocycles. The first kappa shape index (κ1) is 59.6. The SMILES string of the molecule is COc1ccc(CC(NC(=O)CNC(=O)CO)C(=O)NC(Cc2ccccc2C2CC=C(CC(NC(=O)C(Cc3ccc(OC)cc3)NC(=O)C(C)NC(=O)Cc3cnc(N4CCCC4)s3)C(=O)C3(C)CO3)C2)C(=O)C2(C)CO2)cc1. The zero-order chi connectivity index (χ0) is 57.8. The average molecular weight is 1130 g/mol. The summed E-state index contributed by atoms with van der Waals surface area (Å²) in [5.74, 6) is -3.29. The molecule has 4 heterocycles. The zero-order valence-electron chi connectivity index (χ0n) is 46.3. The minimum absolute atomic E-state index is 0.0259. The van der Waals surface area contributed by atoms with Crippen molar-refractivity contribution in [2.75, 3.05) is 58.6 Å². The van der Waals surface area contributed by atoms with Gasteiger partial charge in [0.05, 0.1) is 52.5 Å². The van der Waals surface area contributed by atoms with Gasteiger partial charge in [-0.2, -0.15) is 0 Å². The average Bonchev–Trinajstić information content (AvgIpc) is 4.08. The Labute approximate surface area is 474 Å². The van der Waals surface area contributed by atoms with E-state index < -0.39 is 84.1 Å². The molecule has 22 heteroatoms. The van der Waals surface area contributed by atoms with Crippen molar-refractivity contribution in [1.29, 1.82) is 0 Å². The Morgan fingerprint density at radius 1 is 0.691 bits per heavy atom. The lowest BCUT2D eigenvalue weighted by molar-refractivity contribution is -0.134. The third kappa shape index (κ3) is 16.1. The van der Waals surface area contributed by atoms with E-state index in [1.54, 1.807) is 82.6 Å². The van der Waals surface area contributed by atoms with E-state index >= 15 is 0 Å². The number of carbonyl (C=O) groups is 8. The van der Waals surface area contributed by atoms with Crippen molar-refractivity contribution >= 4 is 63.5 Å². The molecule has 81 heavy (non-hydrogen) atoms. The predicted molar refractivity (Wildman–Crippen MR) is 300 cm³/mol. The van der Waals surface area contributed by atoms with Crippen molar-refractivity contribution in [2.24, 2.45) is 0 Å². The third-order valence-corrected chi connectivity index (χ3v) is 16.2. The van der Waals surface area contributed by atoms with E-state index in [-0.39, 0.29) is 68.7 Å². The summed E-state index contributed by atoms with van der Waals surface area (Å²) in [6.07, 6.45) is 7.30. The van der Waals surface area contributed by atoms with Crippen LogP contribution in [0.1, 0.15) is 85.9 Å². The van der Waals surface area contributed by atoms with Crippen LogP contribution in [-0.2, 0) is 73.5 Å². The van der Waals surface area contributed by atoms with Crippen molar-refractivity contribution in [3.8, 4) is 11.5 Å². The third-order valence-electron chi connectivity index (χ3n) is 15.1. The van der Waals surface area contributed by atoms with E-state index in [1.165, 1.54) is 18.4 Å². The molecule has 8 unspecified atom stereocenters. The van der Waals surface area contributed by atoms with Crippen LogP contribution in [0, 0.1) is 0 Å². The molecule has 0 saturated carbocycles. The van der Waals surface area contributed by atoms with Crippen LogP contribution in [0.15, 0.2) is 90.6 Å². The summed E-state index contributed by atoms with van der Waals surface area (Å²) in [6.45, 7) is 5.73. The molecular weight excluding hydrogens is 1060 g/mol. The first-order valence-electron chi connectivity index (χ1n) is 27.3. The highest BCUT2D eigenvalue weighted by Crippen LogP contribution is 2.40. The van der Waals surface area contributed by atoms with Gasteiger partial charge in [-0.25, -0.2) is 4.98 Å². The van der Waals surface area contributed by atoms with Crippen LogP contribution >= 0.6 is 11.3 Å². The molecule has 8 rings (SSSR count). The number of allylic oxidation sites excluding steroid dienone is 1. The van der Waals surface area contributed by atoms with Crippen LogP contribution < -0.4 is 46.3 Å². The Morgan fingerprint density at radius 3 is 1.79 bits per heavy atom. The quantitative estimate of drug-likeness (QED) is 0.0304. The molecule has 8 atom stereocenters. The Kier molecular flexibility index (Phi) is 19.7. The lowest BCUT2D eigenvalue weighted by Crippen LogP contribution is -2.56. The summed E-state index contributed by atoms with van der Waals surface area (Å²) in [7, 11) is 3.06. The van der Waals surface area contributed by atoms with Gasteiger partial charge >= 0.3 is 0 Å². The molecule has 6 amide bonds. The number of rotatable bonds is 29. The molecule has 3 saturated heterocycles. The molecule has 4 aromatic rings. The molecule has 432 valence electrons. The molecule has 0 radical (unpaired) electrons. The van der Waals surface area contributed by atoms with Gasteiger partial charge in [0.1, 0.15) is 47.4 Å². The van der Waals surface area contributed by atoms with E-state index in [2.05, 4.69) is 41.8 Å². The zero-order valence-corrected chi connectivity index (χ0v) is 47.1. The predicted octanol–water partition coefficient (Wildman–Crippen LogP) is 2.49. The fraction of sp³-hybridized carbons (Fsp3) is 0.475. The standard InChI is InChI=1S/C59H72N8O13S/c1-35(62-49(69)29-43-30-61-57(81-43)67-22-8-9-23-67)54(74)66-48(26-37-15-20-42(78-5)21-16-37)56(76)64-45(52(72)58(2)33-79-58)27-38-12-17-40(24-38)44-11-7-6-10-39(44)28-46(53(73)59(3)34-80-59)65-55(75)47(63-50(70)31-60-51(71)32-68)25-36-13-18-41(77-4)19-14-36/h6-7,10-16,18-21,30,35,40,45-48,68H,8-9,17,22-29,31-34H2,1-5H3,(H,60,71)(H,62,69)(H,63,70)(H,64,76)(H,65,75)(H,66,74). The second-order valence-corrected chi connectivity index (χ2v) is 22.6. The van der Waals surface area contributed by atoms with E-state index in [9.17, 15) is 38.4 Å². The van der Waals surface area contributed by atoms with Gasteiger partial charge in [0.25, 0.3) is 0 Å². The van der Waals surface area contributed by atoms with Crippen molar-refractivity contribution < 1.29 is 62.4 Å². The van der Waals surface area contributed by atoms with Gasteiger partial charge < -0.3 is 60.9 Å². The van der Waals surface area contributed by atoms with Crippen LogP contribution in [0.5, 0.6) is 11.5 Å². The van der Waals surface area contributed by atoms with Crippen molar-refractivity contribution in [3.63, 3.8) is 0 Å². The second-order valence-electron chi connectivity index (χ2n) is 21.5. The number of ketones is 2. The number of methoxy groups -OCH3 is 2. The number of epoxide rings is 2. The van der Waals surface area contributed by atoms with Crippen LogP contribution in [0.4, 0.5) is 5.13 Å². The molecule has 3 fully saturated rings. The summed E-state index contributed by atoms with van der Waals surface area (Å²) in [6, 6.07) is 16.1. The maximum atomic E-state index is 14.6. The van der Waals surface area contributed by atoms with Crippen molar-refractivity contribution in [3.05, 3.63) is 118 Å². The van der Waals surface area contributed by atoms with E-state index in [1.807, 2.05) is 30.3 Å². The number of nitrogens with one attached hydrogen (secondary N) is 6. The lowest BCUT2D eigenvalue weighted by Gasteiger charge is -2.26. The number of benzene rings is 3. The molecule has 1 aliphatic carbocycles. The molecule has 7 N–H and O–H groups in total. The summed E-state index contributed by atoms with van der Waals surface area (Å²) in [5, 5.41) is 26.5. The second kappa shape index (κ2) is 26.8. The molecule has 21 nitrogen and oxygen atoms in total. The molecule has 0 spiro atoms. The topological polar surface area (TPSA) is 289 Å². The summed E-state index contributed by atoms with van der Waals surface area (Å²) < 4.78 is 21.8. The lowest BCUT2D eigenvalue weighted by atomic mass is 9.86. The van der Waals surface area contributed by atoms with Gasteiger partial charge in [-0.05, 0) is 105 Å². The number of amides is 6. The molecule has 1 aromatic heterocycles. The Balaban J connectivity index is 0.952. The minimum atomic E-state index is -1.19. The summed E-state index contributed by atoms with van der Waals surface area (Å²) in [5.41, 5.74) is 1.70. The highest BCUT2D eigenvalue weighted by atomic mass is 32.1. The Hall–Kier alpha value is -7.53. The van der Waals surface area contributed by atoms with Gasteiger partial charge in [0.15, 0.2) is 16.7 Å². The fourth-order valence-electron chi connectivity index (χ4n) is 10.1. The normalized spacial score (nSPS) is 20.7. The number of Topliss-reactive ketones (excluding diaryl/α,β-unsaturated/α-hetero) is 2. The summed E-state index contributed by atoms with van der Waals surface area (Å²) in [4.78, 5) is 117. The van der Waals surface area contributed by atoms with E-state index in [0.29, 0.717) is 35.5 Å². The number of hydrogen-bond acceptors (Lipinski definition) is 16. The molecule has 0 bridgehead atoms. The highest BCUT2D eigenvalue weighted by Gasteiger charge is 2.52. The highest BCUT2D eigenvalue weighted by molar-refractivity contribution is 7.15. The number of aliphatic hydroxyl groups is 1. The maximum absolute atomic E-state index is 14.6. The number of hydrogen-bond donors (Lipinski definition) is 7. The molecule has 4 aliphatic rings. The van der Waals surface area contributed by atoms with Gasteiger partial charge in [-0.3, -0.25) is 38.4 Å². The first-order chi connectivity index (χ1) is 38.8. The number of nitrogens with zero attached hydrogens (tertiary/aromatic N) is 2. The number of ether oxygens (including phenoxy) is 4. The minimum Gasteiger partial charge on any atom is -0.497 e. The first-order valence-corrected chi connectivity index (χ1v) is 28.1. The van der Waals surface area contributed by atoms with Gasteiger partial charge in [0, 0.05) is 43.4 Å². The monoisotopic (exact) mass is 1130 g/mol. The molecule has 3 aliphatic heterocycles. The van der Waals surface area contributed by atoms with Crippen LogP contribution in [0.2, 0.25) is 0 Å². The van der Waals surface area contributed by atoms with Gasteiger partial charge in [0.2, 0.25) is 35.4 Å². The smallest absolute Gasteiger partial charge is 0.246 e. The van der Waals surface area contributed by atoms with Crippen molar-refractivity contribution in [2.45, 2.75) is 126 Å². The Morgan fingerprint density at radius 2 is 1.23 bits per heavy atom. The van der Waals surface area contributed by atoms with Crippen LogP contribution in [0.3, 0.4) is 0 Å². The van der Waals surface area contributed by atoms with E-state index in [4.69, 9.17) is 24.1 Å². The Bertz CT molecular complexity index is 2970. The van der Waals surface area contributed by atoms with Gasteiger partial charge in [-0.1, -0.05) is 60.2 Å². The van der Waals surface area contributed by atoms with E-state index in [0.717, 1.165) is 52.6 Å². The number of anilines is 1. The van der Waals surface area contributed by atoms with Crippen LogP contribution in [-0.4, -0.2) is 152 Å². The number of thiazole rings is 1.